The van der Waals surface area contributed by atoms with Crippen molar-refractivity contribution in [3.63, 3.8) is 0 Å². The van der Waals surface area contributed by atoms with E-state index in [0.29, 0.717) is 0 Å². The molecule has 19 heavy (non-hydrogen) atoms. The Morgan fingerprint density at radius 1 is 1.32 bits per heavy atom. The molecule has 1 amide bonds. The molecule has 0 aliphatic heterocycles. The number of anilines is 1. The van der Waals surface area contributed by atoms with Gasteiger partial charge in [0.05, 0.1) is 12.3 Å². The zero-order valence-electron chi connectivity index (χ0n) is 11.7. The van der Waals surface area contributed by atoms with Crippen molar-refractivity contribution in [1.82, 2.24) is 0 Å². The maximum atomic E-state index is 13.4. The number of esters is 1. The molecule has 0 aliphatic carbocycles. The Hall–Kier alpha value is -1.91. The van der Waals surface area contributed by atoms with Gasteiger partial charge in [0, 0.05) is 0 Å². The molecule has 0 aromatic heterocycles. The molecule has 5 heteroatoms. The van der Waals surface area contributed by atoms with E-state index < -0.39 is 24.1 Å². The summed E-state index contributed by atoms with van der Waals surface area (Å²) in [5.41, 5.74) is 0.816. The molecule has 0 radical (unpaired) electrons. The molecule has 0 spiro atoms. The first-order valence-electron chi connectivity index (χ1n) is 6.24. The van der Waals surface area contributed by atoms with Gasteiger partial charge in [0.25, 0.3) is 0 Å². The second-order valence-electron chi connectivity index (χ2n) is 3.51. The Morgan fingerprint density at radius 3 is 2.47 bits per heavy atom. The van der Waals surface area contributed by atoms with Crippen LogP contribution in [0.4, 0.5) is 10.1 Å². The van der Waals surface area contributed by atoms with Crippen LogP contribution in [0.1, 0.15) is 32.8 Å². The largest absolute Gasteiger partial charge is 0.466 e. The minimum atomic E-state index is -0.627. The van der Waals surface area contributed by atoms with Gasteiger partial charge < -0.3 is 10.1 Å². The van der Waals surface area contributed by atoms with E-state index in [1.165, 1.54) is 12.1 Å². The number of aryl methyl sites for hydroxylation is 1. The predicted octanol–water partition coefficient (Wildman–Crippen LogP) is 3.05. The standard InChI is InChI=1S/C12H14FNO3.C2H6/c1-3-17-12(16)7-11(15)14-10-5-4-8(2)6-9(10)13;1-2/h4-6H,3,7H2,1-2H3,(H,14,15);1-2H3. The average molecular weight is 269 g/mol. The minimum absolute atomic E-state index is 0.0601. The summed E-state index contributed by atoms with van der Waals surface area (Å²) < 4.78 is 18.0. The van der Waals surface area contributed by atoms with Crippen molar-refractivity contribution in [2.45, 2.75) is 34.1 Å². The van der Waals surface area contributed by atoms with Crippen LogP contribution in [0.3, 0.4) is 0 Å². The second-order valence-corrected chi connectivity index (χ2v) is 3.51. The third-order valence-corrected chi connectivity index (χ3v) is 2.01. The molecule has 1 N–H and O–H groups in total. The Balaban J connectivity index is 0.00000154. The molecule has 0 aliphatic rings. The number of amides is 1. The van der Waals surface area contributed by atoms with Gasteiger partial charge in [0.1, 0.15) is 12.2 Å². The molecule has 0 bridgehead atoms. The molecule has 1 rings (SSSR count). The van der Waals surface area contributed by atoms with Crippen LogP contribution in [0, 0.1) is 12.7 Å². The fourth-order valence-corrected chi connectivity index (χ4v) is 1.26. The summed E-state index contributed by atoms with van der Waals surface area (Å²) in [4.78, 5) is 22.4. The van der Waals surface area contributed by atoms with Gasteiger partial charge in [-0.1, -0.05) is 19.9 Å². The van der Waals surface area contributed by atoms with E-state index in [2.05, 4.69) is 10.1 Å². The molecular weight excluding hydrogens is 249 g/mol. The molecule has 0 fully saturated rings. The summed E-state index contributed by atoms with van der Waals surface area (Å²) in [5.74, 6) is -1.74. The van der Waals surface area contributed by atoms with E-state index in [-0.39, 0.29) is 12.3 Å². The van der Waals surface area contributed by atoms with E-state index in [4.69, 9.17) is 0 Å². The fraction of sp³-hybridized carbons (Fsp3) is 0.429. The monoisotopic (exact) mass is 269 g/mol. The zero-order chi connectivity index (χ0) is 14.8. The van der Waals surface area contributed by atoms with Gasteiger partial charge in [0.2, 0.25) is 5.91 Å². The molecular formula is C14H20FNO3. The van der Waals surface area contributed by atoms with E-state index >= 15 is 0 Å². The van der Waals surface area contributed by atoms with Crippen LogP contribution in [-0.2, 0) is 14.3 Å². The van der Waals surface area contributed by atoms with E-state index in [1.807, 2.05) is 13.8 Å². The summed E-state index contributed by atoms with van der Waals surface area (Å²) in [7, 11) is 0. The number of benzene rings is 1. The highest BCUT2D eigenvalue weighted by atomic mass is 19.1. The van der Waals surface area contributed by atoms with Gasteiger partial charge in [-0.15, -0.1) is 0 Å². The van der Waals surface area contributed by atoms with E-state index in [0.717, 1.165) is 5.56 Å². The van der Waals surface area contributed by atoms with Crippen LogP contribution in [0.5, 0.6) is 0 Å². The normalized spacial score (nSPS) is 9.11. The van der Waals surface area contributed by atoms with Gasteiger partial charge in [-0.05, 0) is 31.5 Å². The SMILES string of the molecule is CC.CCOC(=O)CC(=O)Nc1ccc(C)cc1F. The predicted molar refractivity (Wildman–Crippen MR) is 72.4 cm³/mol. The number of hydrogen-bond acceptors (Lipinski definition) is 3. The number of rotatable bonds is 4. The molecule has 0 unspecified atom stereocenters. The first-order chi connectivity index (χ1) is 9.02. The maximum absolute atomic E-state index is 13.4. The van der Waals surface area contributed by atoms with Crippen LogP contribution < -0.4 is 5.32 Å². The van der Waals surface area contributed by atoms with Crippen LogP contribution >= 0.6 is 0 Å². The van der Waals surface area contributed by atoms with Gasteiger partial charge in [0.15, 0.2) is 0 Å². The summed E-state index contributed by atoms with van der Waals surface area (Å²) in [6.07, 6.45) is -0.416. The van der Waals surface area contributed by atoms with Gasteiger partial charge >= 0.3 is 5.97 Å². The summed E-state index contributed by atoms with van der Waals surface area (Å²) in [6.45, 7) is 7.60. The Morgan fingerprint density at radius 2 is 1.95 bits per heavy atom. The van der Waals surface area contributed by atoms with E-state index in [1.54, 1.807) is 19.9 Å². The number of ether oxygens (including phenoxy) is 1. The summed E-state index contributed by atoms with van der Waals surface area (Å²) >= 11 is 0. The smallest absolute Gasteiger partial charge is 0.315 e. The zero-order valence-corrected chi connectivity index (χ0v) is 11.7. The highest BCUT2D eigenvalue weighted by molar-refractivity contribution is 6.01. The molecule has 4 nitrogen and oxygen atoms in total. The van der Waals surface area contributed by atoms with Crippen molar-refractivity contribution >= 4 is 17.6 Å². The molecule has 106 valence electrons. The number of hydrogen-bond donors (Lipinski definition) is 1. The first kappa shape index (κ1) is 17.1. The molecule has 0 saturated carbocycles. The molecule has 1 aromatic rings. The number of halogens is 1. The summed E-state index contributed by atoms with van der Waals surface area (Å²) in [5, 5.41) is 2.31. The van der Waals surface area contributed by atoms with Crippen molar-refractivity contribution in [2.24, 2.45) is 0 Å². The molecule has 1 aromatic carbocycles. The Kier molecular flexibility index (Phi) is 8.17. The van der Waals surface area contributed by atoms with Crippen LogP contribution in [-0.4, -0.2) is 18.5 Å². The quantitative estimate of drug-likeness (QED) is 0.675. The third-order valence-electron chi connectivity index (χ3n) is 2.01. The minimum Gasteiger partial charge on any atom is -0.466 e. The lowest BCUT2D eigenvalue weighted by Crippen LogP contribution is -2.18. The third kappa shape index (κ3) is 6.55. The van der Waals surface area contributed by atoms with E-state index in [9.17, 15) is 14.0 Å². The van der Waals surface area contributed by atoms with Gasteiger partial charge in [-0.25, -0.2) is 4.39 Å². The molecule has 0 heterocycles. The highest BCUT2D eigenvalue weighted by Gasteiger charge is 2.12. The van der Waals surface area contributed by atoms with Crippen LogP contribution in [0.2, 0.25) is 0 Å². The van der Waals surface area contributed by atoms with Crippen molar-refractivity contribution in [2.75, 3.05) is 11.9 Å². The lowest BCUT2D eigenvalue weighted by Gasteiger charge is -2.06. The average Bonchev–Trinajstić information content (AvgIpc) is 2.35. The van der Waals surface area contributed by atoms with Crippen LogP contribution in [0.25, 0.3) is 0 Å². The maximum Gasteiger partial charge on any atom is 0.315 e. The first-order valence-corrected chi connectivity index (χ1v) is 6.24. The van der Waals surface area contributed by atoms with Crippen molar-refractivity contribution in [3.05, 3.63) is 29.6 Å². The lowest BCUT2D eigenvalue weighted by molar-refractivity contribution is -0.145. The van der Waals surface area contributed by atoms with Gasteiger partial charge in [-0.3, -0.25) is 9.59 Å². The Bertz CT molecular complexity index is 433. The number of carbonyl (C=O) groups excluding carboxylic acids is 2. The number of nitrogens with one attached hydrogen (secondary N) is 1. The fourth-order valence-electron chi connectivity index (χ4n) is 1.26. The van der Waals surface area contributed by atoms with Crippen LogP contribution in [0.15, 0.2) is 18.2 Å². The molecule has 0 saturated heterocycles. The topological polar surface area (TPSA) is 55.4 Å². The van der Waals surface area contributed by atoms with Crippen molar-refractivity contribution in [1.29, 1.82) is 0 Å². The summed E-state index contributed by atoms with van der Waals surface area (Å²) in [6, 6.07) is 4.43. The highest BCUT2D eigenvalue weighted by Crippen LogP contribution is 2.15. The Labute approximate surface area is 113 Å². The lowest BCUT2D eigenvalue weighted by atomic mass is 10.2. The molecule has 0 atom stereocenters. The number of carbonyl (C=O) groups is 2. The van der Waals surface area contributed by atoms with Gasteiger partial charge in [-0.2, -0.15) is 0 Å². The van der Waals surface area contributed by atoms with Crippen molar-refractivity contribution in [3.8, 4) is 0 Å². The second kappa shape index (κ2) is 9.08. The van der Waals surface area contributed by atoms with Crippen molar-refractivity contribution < 1.29 is 18.7 Å².